The van der Waals surface area contributed by atoms with Gasteiger partial charge in [-0.2, -0.15) is 0 Å². The minimum Gasteiger partial charge on any atom is -0.394 e. The van der Waals surface area contributed by atoms with E-state index >= 15 is 0 Å². The summed E-state index contributed by atoms with van der Waals surface area (Å²) in [5, 5.41) is 50.0. The van der Waals surface area contributed by atoms with Gasteiger partial charge in [-0.15, -0.1) is 0 Å². The van der Waals surface area contributed by atoms with Gasteiger partial charge >= 0.3 is 0 Å². The maximum atomic E-state index is 12.7. The van der Waals surface area contributed by atoms with E-state index in [1.807, 2.05) is 45.2 Å². The summed E-state index contributed by atoms with van der Waals surface area (Å²) in [6.45, 7) is 0.224. The molecule has 0 saturated heterocycles. The van der Waals surface area contributed by atoms with Crippen molar-refractivity contribution in [3.63, 3.8) is 0 Å². The fraction of sp³-hybridized carbons (Fsp3) is 0.500. The lowest BCUT2D eigenvalue weighted by Crippen LogP contribution is -2.49. The van der Waals surface area contributed by atoms with E-state index < -0.39 is 43.5 Å². The highest BCUT2D eigenvalue weighted by atomic mass is 127. The number of aliphatic hydroxyl groups excluding tert-OH is 5. The lowest BCUT2D eigenvalue weighted by molar-refractivity contribution is -0.116. The third-order valence-corrected chi connectivity index (χ3v) is 6.70. The number of carbonyl (C=O) groups excluding carboxylic acids is 2. The van der Waals surface area contributed by atoms with Crippen molar-refractivity contribution in [1.29, 1.82) is 0 Å². The van der Waals surface area contributed by atoms with Crippen LogP contribution in [-0.4, -0.2) is 82.0 Å². The van der Waals surface area contributed by atoms with Crippen LogP contribution >= 0.6 is 67.8 Å². The Kier molecular flexibility index (Phi) is 10.8. The fourth-order valence-corrected chi connectivity index (χ4v) is 6.81. The van der Waals surface area contributed by atoms with Crippen molar-refractivity contribution in [2.24, 2.45) is 0 Å². The van der Waals surface area contributed by atoms with E-state index in [0.29, 0.717) is 18.4 Å². The molecule has 0 bridgehead atoms. The molecule has 0 spiro atoms. The normalized spacial score (nSPS) is 15.5. The molecular weight excluding hydrogens is 713 g/mol. The molecule has 0 aromatic heterocycles. The first-order chi connectivity index (χ1) is 12.9. The lowest BCUT2D eigenvalue weighted by atomic mass is 10.0. The lowest BCUT2D eigenvalue weighted by Gasteiger charge is -2.26. The first-order valence-corrected chi connectivity index (χ1v) is 11.2. The van der Waals surface area contributed by atoms with Crippen LogP contribution in [0.2, 0.25) is 0 Å². The molecule has 4 atom stereocenters. The summed E-state index contributed by atoms with van der Waals surface area (Å²) in [6.07, 6.45) is -6.73. The molecule has 1 rings (SSSR count). The second-order valence-electron chi connectivity index (χ2n) is 5.96. The zero-order chi connectivity index (χ0) is 21.8. The summed E-state index contributed by atoms with van der Waals surface area (Å²) >= 11 is 6.04. The first kappa shape index (κ1) is 26.2. The number of rotatable bonds is 8. The number of nitrogens with zero attached hydrogens (tertiary/aromatic N) is 1. The molecule has 6 N–H and O–H groups in total. The topological polar surface area (TPSA) is 151 Å². The zero-order valence-corrected chi connectivity index (χ0v) is 21.4. The molecule has 12 heteroatoms. The average molecular weight is 734 g/mol. The molecule has 0 aliphatic carbocycles. The summed E-state index contributed by atoms with van der Waals surface area (Å²) in [5.41, 5.74) is 0.892. The summed E-state index contributed by atoms with van der Waals surface area (Å²) in [5.74, 6) is -0.731. The van der Waals surface area contributed by atoms with Gasteiger partial charge in [0.05, 0.1) is 27.5 Å². The Labute approximate surface area is 202 Å². The fourth-order valence-electron chi connectivity index (χ4n) is 2.22. The van der Waals surface area contributed by atoms with Crippen LogP contribution in [0.15, 0.2) is 6.07 Å². The van der Waals surface area contributed by atoms with Crippen molar-refractivity contribution < 1.29 is 35.1 Å². The molecule has 0 saturated carbocycles. The number of anilines is 1. The average Bonchev–Trinajstić information content (AvgIpc) is 2.63. The van der Waals surface area contributed by atoms with Crippen molar-refractivity contribution >= 4 is 85.3 Å². The molecule has 28 heavy (non-hydrogen) atoms. The van der Waals surface area contributed by atoms with Crippen LogP contribution in [0, 0.1) is 10.7 Å². The van der Waals surface area contributed by atoms with Gasteiger partial charge in [0, 0.05) is 27.7 Å². The molecule has 1 aromatic carbocycles. The second kappa shape index (κ2) is 11.5. The Hall–Kier alpha value is 0.150. The molecule has 0 aliphatic heterocycles. The van der Waals surface area contributed by atoms with Crippen molar-refractivity contribution in [1.82, 2.24) is 5.32 Å². The summed E-state index contributed by atoms with van der Waals surface area (Å²) in [6, 6.07) is 1.75. The number of hydrogen-bond donors (Lipinski definition) is 6. The van der Waals surface area contributed by atoms with E-state index in [0.717, 1.165) is 3.57 Å². The first-order valence-electron chi connectivity index (χ1n) is 7.97. The number of aliphatic hydroxyl groups is 5. The van der Waals surface area contributed by atoms with Crippen LogP contribution in [0.4, 0.5) is 5.69 Å². The number of carbonyl (C=O) groups is 2. The third-order valence-electron chi connectivity index (χ3n) is 3.98. The number of hydrogen-bond acceptors (Lipinski definition) is 7. The molecule has 158 valence electrons. The molecule has 0 fully saturated rings. The van der Waals surface area contributed by atoms with Crippen molar-refractivity contribution in [2.45, 2.75) is 31.3 Å². The van der Waals surface area contributed by atoms with Gasteiger partial charge in [-0.25, -0.2) is 0 Å². The van der Waals surface area contributed by atoms with Crippen LogP contribution in [-0.2, 0) is 4.79 Å². The monoisotopic (exact) mass is 734 g/mol. The summed E-state index contributed by atoms with van der Waals surface area (Å²) in [4.78, 5) is 25.8. The van der Waals surface area contributed by atoms with Crippen LogP contribution < -0.4 is 10.2 Å². The second-order valence-corrected chi connectivity index (χ2v) is 9.37. The Morgan fingerprint density at radius 2 is 1.61 bits per heavy atom. The Balaban J connectivity index is 3.01. The summed E-state index contributed by atoms with van der Waals surface area (Å²) in [7, 11) is 1.60. The molecule has 9 nitrogen and oxygen atoms in total. The van der Waals surface area contributed by atoms with Gasteiger partial charge in [-0.1, -0.05) is 0 Å². The standard InChI is InChI=1S/C16H21I3N2O7/c1-6(23)21(2)13-8(18)3-7(17)11(12(13)19)16(28)20-4-9(24)14(26)15(27)10(25)5-22/h3,9-10,14-15,22,24-27H,4-5H2,1-2H3,(H,20,28)/t9-,10+,14+,15+/m0/s1. The van der Waals surface area contributed by atoms with Crippen LogP contribution in [0.1, 0.15) is 17.3 Å². The van der Waals surface area contributed by atoms with Gasteiger partial charge in [0.1, 0.15) is 18.3 Å². The number of halogens is 3. The SMILES string of the molecule is CC(=O)N(C)c1c(I)cc(I)c(C(=O)NC[C@H](O)[C@@H](O)[C@H](O)[C@H](O)CO)c1I. The van der Waals surface area contributed by atoms with Gasteiger partial charge in [0.25, 0.3) is 5.91 Å². The largest absolute Gasteiger partial charge is 0.394 e. The predicted molar refractivity (Wildman–Crippen MR) is 127 cm³/mol. The van der Waals surface area contributed by atoms with E-state index in [-0.39, 0.29) is 5.91 Å². The maximum absolute atomic E-state index is 12.7. The molecule has 0 heterocycles. The molecular formula is C16H21I3N2O7. The van der Waals surface area contributed by atoms with Crippen LogP contribution in [0.3, 0.4) is 0 Å². The van der Waals surface area contributed by atoms with E-state index in [2.05, 4.69) is 27.9 Å². The highest BCUT2D eigenvalue weighted by Crippen LogP contribution is 2.34. The smallest absolute Gasteiger partial charge is 0.253 e. The van der Waals surface area contributed by atoms with E-state index in [1.54, 1.807) is 13.1 Å². The zero-order valence-electron chi connectivity index (χ0n) is 14.9. The van der Waals surface area contributed by atoms with Crippen LogP contribution in [0.25, 0.3) is 0 Å². The van der Waals surface area contributed by atoms with Crippen molar-refractivity contribution in [3.8, 4) is 0 Å². The molecule has 0 radical (unpaired) electrons. The third kappa shape index (κ3) is 6.32. The van der Waals surface area contributed by atoms with Gasteiger partial charge in [-0.3, -0.25) is 9.59 Å². The highest BCUT2D eigenvalue weighted by molar-refractivity contribution is 14.1. The predicted octanol–water partition coefficient (Wildman–Crippen LogP) is -0.351. The Morgan fingerprint density at radius 3 is 2.11 bits per heavy atom. The minimum absolute atomic E-state index is 0.196. The van der Waals surface area contributed by atoms with Crippen LogP contribution in [0.5, 0.6) is 0 Å². The van der Waals surface area contributed by atoms with Gasteiger partial charge in [0.2, 0.25) is 5.91 Å². The number of benzene rings is 1. The van der Waals surface area contributed by atoms with E-state index in [1.165, 1.54) is 11.8 Å². The molecule has 0 unspecified atom stereocenters. The highest BCUT2D eigenvalue weighted by Gasteiger charge is 2.31. The van der Waals surface area contributed by atoms with Crippen molar-refractivity contribution in [3.05, 3.63) is 22.3 Å². The molecule has 1 aromatic rings. The summed E-state index contributed by atoms with van der Waals surface area (Å²) < 4.78 is 1.97. The van der Waals surface area contributed by atoms with Gasteiger partial charge in [-0.05, 0) is 73.8 Å². The van der Waals surface area contributed by atoms with Crippen molar-refractivity contribution in [2.75, 3.05) is 25.1 Å². The van der Waals surface area contributed by atoms with E-state index in [9.17, 15) is 30.0 Å². The van der Waals surface area contributed by atoms with Gasteiger partial charge in [0.15, 0.2) is 0 Å². The number of amides is 2. The van der Waals surface area contributed by atoms with Gasteiger partial charge < -0.3 is 35.7 Å². The Morgan fingerprint density at radius 1 is 1.07 bits per heavy atom. The minimum atomic E-state index is -1.77. The number of nitrogens with one attached hydrogen (secondary N) is 1. The Bertz CT molecular complexity index is 735. The molecule has 0 aliphatic rings. The molecule has 2 amide bonds. The van der Waals surface area contributed by atoms with E-state index in [4.69, 9.17) is 5.11 Å². The quantitative estimate of drug-likeness (QED) is 0.200. The maximum Gasteiger partial charge on any atom is 0.253 e.